The van der Waals surface area contributed by atoms with Crippen molar-refractivity contribution in [3.05, 3.63) is 24.5 Å². The molecule has 0 aliphatic carbocycles. The second-order valence-corrected chi connectivity index (χ2v) is 2.77. The quantitative estimate of drug-likeness (QED) is 0.827. The number of carboxylic acids is 1. The van der Waals surface area contributed by atoms with Crippen molar-refractivity contribution in [1.82, 2.24) is 4.98 Å². The van der Waals surface area contributed by atoms with Gasteiger partial charge in [0.2, 0.25) is 0 Å². The molecule has 0 aliphatic heterocycles. The minimum Gasteiger partial charge on any atom is -0.481 e. The smallest absolute Gasteiger partial charge is 0.305 e. The number of aliphatic carboxylic acids is 1. The van der Waals surface area contributed by atoms with E-state index in [-0.39, 0.29) is 18.8 Å². The standard InChI is InChI=1S/C9H12N2O2.ClH/c1-11(7-4-9(12)13)8-2-5-10-6-3-8;/h2-3,5-6H,4,7H2,1H3,(H,12,13);1H. The maximum absolute atomic E-state index is 10.3. The molecule has 1 rings (SSSR count). The number of carbonyl (C=O) groups is 1. The van der Waals surface area contributed by atoms with E-state index in [1.54, 1.807) is 12.4 Å². The van der Waals surface area contributed by atoms with Crippen molar-refractivity contribution in [2.75, 3.05) is 18.5 Å². The third kappa shape index (κ3) is 4.09. The van der Waals surface area contributed by atoms with Gasteiger partial charge in [0.25, 0.3) is 0 Å². The van der Waals surface area contributed by atoms with E-state index >= 15 is 0 Å². The number of rotatable bonds is 4. The molecule has 0 saturated carbocycles. The molecule has 5 heteroatoms. The first kappa shape index (κ1) is 12.7. The monoisotopic (exact) mass is 216 g/mol. The number of anilines is 1. The summed E-state index contributed by atoms with van der Waals surface area (Å²) in [6.45, 7) is 0.513. The Hall–Kier alpha value is -1.29. The van der Waals surface area contributed by atoms with Gasteiger partial charge in [-0.3, -0.25) is 9.78 Å². The number of nitrogens with zero attached hydrogens (tertiary/aromatic N) is 2. The van der Waals surface area contributed by atoms with Crippen molar-refractivity contribution in [3.63, 3.8) is 0 Å². The number of aromatic nitrogens is 1. The number of hydrogen-bond donors (Lipinski definition) is 1. The maximum Gasteiger partial charge on any atom is 0.305 e. The minimum absolute atomic E-state index is 0. The molecule has 0 fully saturated rings. The molecule has 78 valence electrons. The zero-order valence-corrected chi connectivity index (χ0v) is 8.70. The SMILES string of the molecule is CN(CCC(=O)O)c1ccncc1.Cl. The number of halogens is 1. The fraction of sp³-hybridized carbons (Fsp3) is 0.333. The summed E-state index contributed by atoms with van der Waals surface area (Å²) in [7, 11) is 1.86. The van der Waals surface area contributed by atoms with E-state index in [0.717, 1.165) is 5.69 Å². The summed E-state index contributed by atoms with van der Waals surface area (Å²) in [4.78, 5) is 16.1. The lowest BCUT2D eigenvalue weighted by molar-refractivity contribution is -0.136. The molecule has 14 heavy (non-hydrogen) atoms. The summed E-state index contributed by atoms with van der Waals surface area (Å²) in [5, 5.41) is 8.47. The summed E-state index contributed by atoms with van der Waals surface area (Å²) in [6.07, 6.45) is 3.53. The average molecular weight is 217 g/mol. The Bertz CT molecular complexity index is 279. The van der Waals surface area contributed by atoms with E-state index in [4.69, 9.17) is 5.11 Å². The minimum atomic E-state index is -0.777. The first-order valence-electron chi connectivity index (χ1n) is 4.03. The van der Waals surface area contributed by atoms with Crippen LogP contribution in [0.25, 0.3) is 0 Å². The van der Waals surface area contributed by atoms with Crippen LogP contribution in [0.15, 0.2) is 24.5 Å². The Morgan fingerprint density at radius 1 is 1.50 bits per heavy atom. The van der Waals surface area contributed by atoms with Crippen LogP contribution in [0.5, 0.6) is 0 Å². The highest BCUT2D eigenvalue weighted by Crippen LogP contribution is 2.09. The van der Waals surface area contributed by atoms with Crippen LogP contribution in [0, 0.1) is 0 Å². The van der Waals surface area contributed by atoms with Gasteiger partial charge in [0.05, 0.1) is 6.42 Å². The van der Waals surface area contributed by atoms with E-state index in [9.17, 15) is 4.79 Å². The molecule has 1 heterocycles. The van der Waals surface area contributed by atoms with Gasteiger partial charge in [0.15, 0.2) is 0 Å². The Labute approximate surface area is 89.0 Å². The summed E-state index contributed by atoms with van der Waals surface area (Å²) in [6, 6.07) is 3.70. The zero-order valence-electron chi connectivity index (χ0n) is 7.88. The highest BCUT2D eigenvalue weighted by molar-refractivity contribution is 5.85. The van der Waals surface area contributed by atoms with Gasteiger partial charge in [-0.15, -0.1) is 12.4 Å². The van der Waals surface area contributed by atoms with Gasteiger partial charge in [-0.25, -0.2) is 0 Å². The Kier molecular flexibility index (Phi) is 5.64. The molecule has 0 amide bonds. The molecule has 0 bridgehead atoms. The highest BCUT2D eigenvalue weighted by Gasteiger charge is 2.02. The predicted octanol–water partition coefficient (Wildman–Crippen LogP) is 1.41. The first-order valence-corrected chi connectivity index (χ1v) is 4.03. The molecular formula is C9H13ClN2O2. The van der Waals surface area contributed by atoms with Crippen LogP contribution in [0.2, 0.25) is 0 Å². The molecule has 0 aliphatic rings. The number of pyridine rings is 1. The Balaban J connectivity index is 0.00000169. The molecule has 1 aromatic rings. The number of hydrogen-bond acceptors (Lipinski definition) is 3. The van der Waals surface area contributed by atoms with Crippen LogP contribution >= 0.6 is 12.4 Å². The van der Waals surface area contributed by atoms with E-state index in [1.807, 2.05) is 24.1 Å². The maximum atomic E-state index is 10.3. The van der Waals surface area contributed by atoms with E-state index in [2.05, 4.69) is 4.98 Å². The number of carboxylic acid groups (broad SMARTS) is 1. The van der Waals surface area contributed by atoms with E-state index in [0.29, 0.717) is 6.54 Å². The van der Waals surface area contributed by atoms with Gasteiger partial charge in [-0.05, 0) is 12.1 Å². The van der Waals surface area contributed by atoms with Gasteiger partial charge < -0.3 is 10.0 Å². The fourth-order valence-electron chi connectivity index (χ4n) is 0.991. The van der Waals surface area contributed by atoms with Crippen LogP contribution in [0.1, 0.15) is 6.42 Å². The van der Waals surface area contributed by atoms with Gasteiger partial charge in [-0.1, -0.05) is 0 Å². The molecule has 0 aromatic carbocycles. The topological polar surface area (TPSA) is 53.4 Å². The fourth-order valence-corrected chi connectivity index (χ4v) is 0.991. The third-order valence-corrected chi connectivity index (χ3v) is 1.76. The van der Waals surface area contributed by atoms with Crippen LogP contribution in [-0.4, -0.2) is 29.7 Å². The van der Waals surface area contributed by atoms with Crippen LogP contribution in [0.3, 0.4) is 0 Å². The molecule has 0 radical (unpaired) electrons. The second kappa shape index (κ2) is 6.21. The largest absolute Gasteiger partial charge is 0.481 e. The average Bonchev–Trinajstić information content (AvgIpc) is 2.15. The predicted molar refractivity (Wildman–Crippen MR) is 57.0 cm³/mol. The first-order chi connectivity index (χ1) is 6.20. The highest BCUT2D eigenvalue weighted by atomic mass is 35.5. The van der Waals surface area contributed by atoms with Crippen molar-refractivity contribution in [2.24, 2.45) is 0 Å². The van der Waals surface area contributed by atoms with Crippen molar-refractivity contribution in [2.45, 2.75) is 6.42 Å². The molecule has 0 spiro atoms. The molecule has 0 atom stereocenters. The summed E-state index contributed by atoms with van der Waals surface area (Å²) < 4.78 is 0. The molecule has 0 saturated heterocycles. The molecule has 1 aromatic heterocycles. The van der Waals surface area contributed by atoms with Gasteiger partial charge >= 0.3 is 5.97 Å². The normalized spacial score (nSPS) is 8.93. The van der Waals surface area contributed by atoms with Crippen LogP contribution < -0.4 is 4.90 Å². The van der Waals surface area contributed by atoms with Crippen molar-refractivity contribution in [3.8, 4) is 0 Å². The second-order valence-electron chi connectivity index (χ2n) is 2.77. The molecule has 4 nitrogen and oxygen atoms in total. The van der Waals surface area contributed by atoms with Crippen molar-refractivity contribution < 1.29 is 9.90 Å². The lowest BCUT2D eigenvalue weighted by atomic mass is 10.3. The van der Waals surface area contributed by atoms with Crippen LogP contribution in [-0.2, 0) is 4.79 Å². The van der Waals surface area contributed by atoms with Crippen LogP contribution in [0.4, 0.5) is 5.69 Å². The van der Waals surface area contributed by atoms with Crippen molar-refractivity contribution in [1.29, 1.82) is 0 Å². The van der Waals surface area contributed by atoms with Gasteiger partial charge in [0, 0.05) is 31.7 Å². The van der Waals surface area contributed by atoms with Gasteiger partial charge in [0.1, 0.15) is 0 Å². The van der Waals surface area contributed by atoms with Crippen molar-refractivity contribution >= 4 is 24.1 Å². The Morgan fingerprint density at radius 3 is 2.57 bits per heavy atom. The zero-order chi connectivity index (χ0) is 9.68. The Morgan fingerprint density at radius 2 is 2.07 bits per heavy atom. The van der Waals surface area contributed by atoms with E-state index in [1.165, 1.54) is 0 Å². The molecular weight excluding hydrogens is 204 g/mol. The summed E-state index contributed by atoms with van der Waals surface area (Å²) in [5.74, 6) is -0.777. The lowest BCUT2D eigenvalue weighted by Crippen LogP contribution is -2.20. The van der Waals surface area contributed by atoms with E-state index < -0.39 is 5.97 Å². The van der Waals surface area contributed by atoms with Gasteiger partial charge in [-0.2, -0.15) is 0 Å². The molecule has 0 unspecified atom stereocenters. The molecule has 1 N–H and O–H groups in total. The summed E-state index contributed by atoms with van der Waals surface area (Å²) in [5.41, 5.74) is 0.983. The summed E-state index contributed by atoms with van der Waals surface area (Å²) >= 11 is 0. The third-order valence-electron chi connectivity index (χ3n) is 1.76. The lowest BCUT2D eigenvalue weighted by Gasteiger charge is -2.17.